The van der Waals surface area contributed by atoms with Crippen LogP contribution in [0.2, 0.25) is 0 Å². The Labute approximate surface area is 83.3 Å². The van der Waals surface area contributed by atoms with Crippen LogP contribution in [0, 0.1) is 5.92 Å². The molecule has 2 aliphatic rings. The van der Waals surface area contributed by atoms with Crippen molar-refractivity contribution in [2.45, 2.75) is 24.7 Å². The lowest BCUT2D eigenvalue weighted by Gasteiger charge is -2.33. The second-order valence-electron chi connectivity index (χ2n) is 3.63. The summed E-state index contributed by atoms with van der Waals surface area (Å²) in [6, 6.07) is 0. The monoisotopic (exact) mass is 222 g/mol. The maximum Gasteiger partial charge on any atom is 0.442 e. The van der Waals surface area contributed by atoms with E-state index in [-0.39, 0.29) is 5.01 Å². The molecule has 0 radical (unpaired) electrons. The van der Waals surface area contributed by atoms with E-state index in [9.17, 15) is 23.1 Å². The fraction of sp³-hybridized carbons (Fsp3) is 0.625. The minimum atomic E-state index is -4.91. The first-order chi connectivity index (χ1) is 6.86. The highest BCUT2D eigenvalue weighted by atomic mass is 19.4. The van der Waals surface area contributed by atoms with Crippen LogP contribution < -0.4 is 5.43 Å². The van der Waals surface area contributed by atoms with Crippen molar-refractivity contribution in [3.8, 4) is 0 Å². The zero-order chi connectivity index (χ0) is 11.3. The van der Waals surface area contributed by atoms with Crippen molar-refractivity contribution in [2.24, 2.45) is 5.92 Å². The first-order valence-corrected chi connectivity index (χ1v) is 4.43. The molecule has 4 nitrogen and oxygen atoms in total. The molecule has 2 N–H and O–H groups in total. The maximum atomic E-state index is 12.5. The number of hydrazine groups is 1. The van der Waals surface area contributed by atoms with Gasteiger partial charge in [0.1, 0.15) is 0 Å². The number of aliphatic hydroxyl groups is 1. The number of nitrogens with zero attached hydrogens (tertiary/aromatic N) is 1. The Balaban J connectivity index is 2.23. The van der Waals surface area contributed by atoms with Crippen LogP contribution in [0.15, 0.2) is 12.3 Å². The molecular weight excluding hydrogens is 213 g/mol. The molecule has 1 heterocycles. The molecule has 15 heavy (non-hydrogen) atoms. The summed E-state index contributed by atoms with van der Waals surface area (Å²) in [6.07, 6.45) is -2.32. The van der Waals surface area contributed by atoms with Gasteiger partial charge in [0.05, 0.1) is 0 Å². The molecule has 1 aliphatic carbocycles. The Bertz CT molecular complexity index is 324. The highest BCUT2D eigenvalue weighted by Crippen LogP contribution is 2.39. The van der Waals surface area contributed by atoms with Crippen molar-refractivity contribution in [2.75, 3.05) is 0 Å². The van der Waals surface area contributed by atoms with Crippen LogP contribution in [0.4, 0.5) is 13.2 Å². The third-order valence-corrected chi connectivity index (χ3v) is 2.42. The summed E-state index contributed by atoms with van der Waals surface area (Å²) in [6.45, 7) is 0. The quantitative estimate of drug-likeness (QED) is 0.679. The van der Waals surface area contributed by atoms with E-state index in [2.05, 4.69) is 5.43 Å². The molecule has 0 aromatic carbocycles. The first-order valence-electron chi connectivity index (χ1n) is 4.43. The predicted octanol–water partition coefficient (Wildman–Crippen LogP) is 0.508. The maximum absolute atomic E-state index is 12.5. The standard InChI is InChI=1S/C8H9F3N2O2/c9-8(10,11)7(15)3-4-12-13(7)6(14)5-1-2-5/h3-5,12,15H,1-2H2/t7-/m1/s1. The van der Waals surface area contributed by atoms with Crippen LogP contribution in [0.1, 0.15) is 12.8 Å². The molecule has 84 valence electrons. The van der Waals surface area contributed by atoms with Crippen LogP contribution in [0.3, 0.4) is 0 Å². The normalized spacial score (nSPS) is 30.5. The Hall–Kier alpha value is -1.24. The highest BCUT2D eigenvalue weighted by Gasteiger charge is 2.61. The zero-order valence-electron chi connectivity index (χ0n) is 7.58. The van der Waals surface area contributed by atoms with Crippen molar-refractivity contribution in [3.05, 3.63) is 12.3 Å². The van der Waals surface area contributed by atoms with Gasteiger partial charge in [0.25, 0.3) is 5.72 Å². The van der Waals surface area contributed by atoms with Crippen LogP contribution in [-0.4, -0.2) is 27.9 Å². The molecule has 7 heteroatoms. The van der Waals surface area contributed by atoms with Gasteiger partial charge < -0.3 is 10.5 Å². The Kier molecular flexibility index (Phi) is 1.97. The van der Waals surface area contributed by atoms with Crippen molar-refractivity contribution < 1.29 is 23.1 Å². The van der Waals surface area contributed by atoms with Crippen molar-refractivity contribution in [1.29, 1.82) is 0 Å². The summed E-state index contributed by atoms with van der Waals surface area (Å²) in [5.74, 6) is -1.12. The van der Waals surface area contributed by atoms with Gasteiger partial charge in [-0.05, 0) is 18.9 Å². The third-order valence-electron chi connectivity index (χ3n) is 2.42. The molecule has 1 aliphatic heterocycles. The van der Waals surface area contributed by atoms with Crippen molar-refractivity contribution in [3.63, 3.8) is 0 Å². The van der Waals surface area contributed by atoms with Gasteiger partial charge in [-0.1, -0.05) is 0 Å². The lowest BCUT2D eigenvalue weighted by molar-refractivity contribution is -0.289. The number of hydrogen-bond donors (Lipinski definition) is 2. The van der Waals surface area contributed by atoms with E-state index in [1.807, 2.05) is 0 Å². The predicted molar refractivity (Wildman–Crippen MR) is 42.9 cm³/mol. The Morgan fingerprint density at radius 3 is 2.60 bits per heavy atom. The van der Waals surface area contributed by atoms with Gasteiger partial charge in [0.2, 0.25) is 5.91 Å². The fourth-order valence-corrected chi connectivity index (χ4v) is 1.37. The minimum Gasteiger partial charge on any atom is -0.359 e. The molecule has 0 unspecified atom stereocenters. The number of carbonyl (C=O) groups is 1. The fourth-order valence-electron chi connectivity index (χ4n) is 1.37. The van der Waals surface area contributed by atoms with Crippen LogP contribution in [-0.2, 0) is 4.79 Å². The molecule has 0 saturated heterocycles. The van der Waals surface area contributed by atoms with Gasteiger partial charge in [-0.25, -0.2) is 5.01 Å². The van der Waals surface area contributed by atoms with E-state index in [0.29, 0.717) is 18.9 Å². The number of alkyl halides is 3. The van der Waals surface area contributed by atoms with Gasteiger partial charge in [0, 0.05) is 12.1 Å². The van der Waals surface area contributed by atoms with E-state index in [1.165, 1.54) is 0 Å². The van der Waals surface area contributed by atoms with Gasteiger partial charge >= 0.3 is 6.18 Å². The largest absolute Gasteiger partial charge is 0.442 e. The topological polar surface area (TPSA) is 52.6 Å². The second kappa shape index (κ2) is 2.88. The van der Waals surface area contributed by atoms with E-state index in [1.54, 1.807) is 0 Å². The highest BCUT2D eigenvalue weighted by molar-refractivity contribution is 5.82. The number of carbonyl (C=O) groups excluding carboxylic acids is 1. The number of rotatable bonds is 1. The second-order valence-corrected chi connectivity index (χ2v) is 3.63. The van der Waals surface area contributed by atoms with Crippen LogP contribution >= 0.6 is 0 Å². The number of hydrogen-bond acceptors (Lipinski definition) is 3. The van der Waals surface area contributed by atoms with Gasteiger partial charge in [-0.15, -0.1) is 0 Å². The van der Waals surface area contributed by atoms with Crippen LogP contribution in [0.25, 0.3) is 0 Å². The van der Waals surface area contributed by atoms with E-state index >= 15 is 0 Å². The molecule has 0 aromatic heterocycles. The summed E-state index contributed by atoms with van der Waals surface area (Å²) in [5, 5.41) is 9.61. The summed E-state index contributed by atoms with van der Waals surface area (Å²) >= 11 is 0. The third kappa shape index (κ3) is 1.46. The van der Waals surface area contributed by atoms with E-state index < -0.39 is 23.7 Å². The average molecular weight is 222 g/mol. The average Bonchev–Trinajstić information content (AvgIpc) is 2.87. The summed E-state index contributed by atoms with van der Waals surface area (Å²) in [7, 11) is 0. The SMILES string of the molecule is O=C(C1CC1)N1NC=C[C@@]1(O)C(F)(F)F. The molecule has 0 bridgehead atoms. The lowest BCUT2D eigenvalue weighted by atomic mass is 10.2. The number of halogens is 3. The van der Waals surface area contributed by atoms with Gasteiger partial charge in [0.15, 0.2) is 0 Å². The van der Waals surface area contributed by atoms with Crippen LogP contribution in [0.5, 0.6) is 0 Å². The molecule has 2 rings (SSSR count). The smallest absolute Gasteiger partial charge is 0.359 e. The lowest BCUT2D eigenvalue weighted by Crippen LogP contribution is -2.60. The Morgan fingerprint density at radius 2 is 2.13 bits per heavy atom. The van der Waals surface area contributed by atoms with E-state index in [0.717, 1.165) is 6.20 Å². The molecule has 1 amide bonds. The van der Waals surface area contributed by atoms with E-state index in [4.69, 9.17) is 0 Å². The Morgan fingerprint density at radius 1 is 1.53 bits per heavy atom. The van der Waals surface area contributed by atoms with Crippen molar-refractivity contribution in [1.82, 2.24) is 10.4 Å². The van der Waals surface area contributed by atoms with Gasteiger partial charge in [-0.2, -0.15) is 13.2 Å². The molecule has 1 atom stereocenters. The summed E-state index contributed by atoms with van der Waals surface area (Å²) in [4.78, 5) is 11.4. The number of nitrogens with one attached hydrogen (secondary N) is 1. The molecular formula is C8H9F3N2O2. The summed E-state index contributed by atoms with van der Waals surface area (Å²) in [5.41, 5.74) is -1.11. The number of amides is 1. The van der Waals surface area contributed by atoms with Gasteiger partial charge in [-0.3, -0.25) is 4.79 Å². The molecule has 0 aromatic rings. The first kappa shape index (κ1) is 10.3. The summed E-state index contributed by atoms with van der Waals surface area (Å²) < 4.78 is 37.5. The molecule has 1 saturated carbocycles. The molecule has 1 fully saturated rings. The van der Waals surface area contributed by atoms with Crippen molar-refractivity contribution >= 4 is 5.91 Å². The minimum absolute atomic E-state index is 0.241. The zero-order valence-corrected chi connectivity index (χ0v) is 7.58. The molecule has 0 spiro atoms.